The summed E-state index contributed by atoms with van der Waals surface area (Å²) in [5.74, 6) is -0.869. The SMILES string of the molecule is CC(=O)N(c1ccccc1)c1nc(/C=C/C(=O)Nc2ccccc2OC(F)F)cs1. The number of ether oxygens (including phenoxy) is 1. The number of para-hydroxylation sites is 3. The molecule has 2 amide bonds. The van der Waals surface area contributed by atoms with Crippen molar-refractivity contribution < 1.29 is 23.1 Å². The molecule has 3 aromatic rings. The highest BCUT2D eigenvalue weighted by atomic mass is 32.1. The Bertz CT molecular complexity index is 1050. The monoisotopic (exact) mass is 429 g/mol. The lowest BCUT2D eigenvalue weighted by Gasteiger charge is -2.17. The first-order chi connectivity index (χ1) is 14.4. The molecule has 0 bridgehead atoms. The number of rotatable bonds is 7. The summed E-state index contributed by atoms with van der Waals surface area (Å²) in [6.07, 6.45) is 2.69. The summed E-state index contributed by atoms with van der Waals surface area (Å²) < 4.78 is 29.3. The van der Waals surface area contributed by atoms with E-state index in [0.717, 1.165) is 0 Å². The van der Waals surface area contributed by atoms with Gasteiger partial charge in [-0.25, -0.2) is 4.98 Å². The van der Waals surface area contributed by atoms with E-state index in [1.165, 1.54) is 53.5 Å². The molecule has 6 nitrogen and oxygen atoms in total. The highest BCUT2D eigenvalue weighted by molar-refractivity contribution is 7.14. The zero-order chi connectivity index (χ0) is 21.5. The molecule has 0 aliphatic rings. The predicted molar refractivity (Wildman–Crippen MR) is 112 cm³/mol. The number of thiazole rings is 1. The first-order valence-corrected chi connectivity index (χ1v) is 9.66. The number of nitrogens with zero attached hydrogens (tertiary/aromatic N) is 2. The number of alkyl halides is 2. The Kier molecular flexibility index (Phi) is 6.87. The van der Waals surface area contributed by atoms with E-state index >= 15 is 0 Å². The number of amides is 2. The second-order valence-corrected chi connectivity index (χ2v) is 6.78. The normalized spacial score (nSPS) is 10.9. The molecule has 0 radical (unpaired) electrons. The number of anilines is 3. The van der Waals surface area contributed by atoms with E-state index < -0.39 is 12.5 Å². The molecule has 3 rings (SSSR count). The molecule has 154 valence electrons. The van der Waals surface area contributed by atoms with Crippen LogP contribution in [0.25, 0.3) is 6.08 Å². The molecule has 0 atom stereocenters. The van der Waals surface area contributed by atoms with Crippen molar-refractivity contribution in [3.63, 3.8) is 0 Å². The van der Waals surface area contributed by atoms with Gasteiger partial charge in [-0.2, -0.15) is 8.78 Å². The van der Waals surface area contributed by atoms with Gasteiger partial charge in [0.15, 0.2) is 5.13 Å². The van der Waals surface area contributed by atoms with E-state index in [1.807, 2.05) is 18.2 Å². The Morgan fingerprint density at radius 1 is 1.13 bits per heavy atom. The number of halogens is 2. The summed E-state index contributed by atoms with van der Waals surface area (Å²) in [7, 11) is 0. The van der Waals surface area contributed by atoms with Gasteiger partial charge >= 0.3 is 6.61 Å². The van der Waals surface area contributed by atoms with Crippen molar-refractivity contribution in [3.8, 4) is 5.75 Å². The topological polar surface area (TPSA) is 71.5 Å². The van der Waals surface area contributed by atoms with Gasteiger partial charge in [-0.15, -0.1) is 11.3 Å². The second-order valence-electron chi connectivity index (χ2n) is 5.94. The van der Waals surface area contributed by atoms with Crippen LogP contribution in [0.1, 0.15) is 12.6 Å². The molecule has 0 spiro atoms. The standard InChI is InChI=1S/C21H17F2N3O3S/c1-14(27)26(16-7-3-2-4-8-16)21-24-15(13-30-21)11-12-19(28)25-17-9-5-6-10-18(17)29-20(22)23/h2-13,20H,1H3,(H,25,28)/b12-11+. The minimum atomic E-state index is -3.00. The number of nitrogens with one attached hydrogen (secondary N) is 1. The number of hydrogen-bond acceptors (Lipinski definition) is 5. The van der Waals surface area contributed by atoms with Gasteiger partial charge in [0.05, 0.1) is 17.1 Å². The fourth-order valence-electron chi connectivity index (χ4n) is 2.56. The number of benzene rings is 2. The van der Waals surface area contributed by atoms with Gasteiger partial charge in [0.1, 0.15) is 5.75 Å². The lowest BCUT2D eigenvalue weighted by Crippen LogP contribution is -2.22. The Morgan fingerprint density at radius 3 is 2.53 bits per heavy atom. The van der Waals surface area contributed by atoms with Crippen LogP contribution in [0, 0.1) is 0 Å². The van der Waals surface area contributed by atoms with Crippen molar-refractivity contribution in [3.05, 3.63) is 71.7 Å². The largest absolute Gasteiger partial charge is 0.433 e. The molecular formula is C21H17F2N3O3S. The lowest BCUT2D eigenvalue weighted by atomic mass is 10.3. The third kappa shape index (κ3) is 5.48. The van der Waals surface area contributed by atoms with Crippen LogP contribution >= 0.6 is 11.3 Å². The van der Waals surface area contributed by atoms with Gasteiger partial charge < -0.3 is 10.1 Å². The van der Waals surface area contributed by atoms with E-state index in [1.54, 1.807) is 23.6 Å². The van der Waals surface area contributed by atoms with Crippen molar-refractivity contribution in [1.29, 1.82) is 0 Å². The Hall–Kier alpha value is -3.59. The van der Waals surface area contributed by atoms with Crippen molar-refractivity contribution >= 4 is 45.7 Å². The van der Waals surface area contributed by atoms with Gasteiger partial charge in [-0.3, -0.25) is 14.5 Å². The first kappa shape index (κ1) is 21.1. The predicted octanol–water partition coefficient (Wildman–Crippen LogP) is 5.08. The number of carbonyl (C=O) groups excluding carboxylic acids is 2. The molecule has 30 heavy (non-hydrogen) atoms. The minimum absolute atomic E-state index is 0.123. The van der Waals surface area contributed by atoms with Crippen molar-refractivity contribution in [2.75, 3.05) is 10.2 Å². The Labute approximate surface area is 175 Å². The maximum absolute atomic E-state index is 12.5. The number of hydrogen-bond donors (Lipinski definition) is 1. The van der Waals surface area contributed by atoms with Crippen LogP contribution in [0.4, 0.5) is 25.3 Å². The summed E-state index contributed by atoms with van der Waals surface area (Å²) in [6.45, 7) is -1.56. The fraction of sp³-hybridized carbons (Fsp3) is 0.0952. The number of carbonyl (C=O) groups is 2. The van der Waals surface area contributed by atoms with Crippen molar-refractivity contribution in [2.24, 2.45) is 0 Å². The van der Waals surface area contributed by atoms with Gasteiger partial charge in [0.25, 0.3) is 0 Å². The van der Waals surface area contributed by atoms with Gasteiger partial charge in [-0.05, 0) is 30.3 Å². The van der Waals surface area contributed by atoms with Crippen LogP contribution in [0.2, 0.25) is 0 Å². The second kappa shape index (κ2) is 9.75. The molecule has 0 saturated carbocycles. The van der Waals surface area contributed by atoms with Crippen LogP contribution in [0.3, 0.4) is 0 Å². The maximum atomic E-state index is 12.5. The van der Waals surface area contributed by atoms with E-state index in [-0.39, 0.29) is 17.3 Å². The zero-order valence-electron chi connectivity index (χ0n) is 15.8. The summed E-state index contributed by atoms with van der Waals surface area (Å²) >= 11 is 1.25. The molecule has 0 aliphatic carbocycles. The molecule has 1 N–H and O–H groups in total. The Morgan fingerprint density at radius 2 is 1.83 bits per heavy atom. The molecular weight excluding hydrogens is 412 g/mol. The van der Waals surface area contributed by atoms with Crippen LogP contribution in [0.5, 0.6) is 5.75 Å². The van der Waals surface area contributed by atoms with E-state index in [0.29, 0.717) is 16.5 Å². The highest BCUT2D eigenvalue weighted by Gasteiger charge is 2.17. The third-order valence-electron chi connectivity index (χ3n) is 3.80. The lowest BCUT2D eigenvalue weighted by molar-refractivity contribution is -0.116. The van der Waals surface area contributed by atoms with Gasteiger partial charge in [0.2, 0.25) is 11.8 Å². The molecule has 0 aliphatic heterocycles. The van der Waals surface area contributed by atoms with Gasteiger partial charge in [0, 0.05) is 18.4 Å². The average molecular weight is 429 g/mol. The minimum Gasteiger partial charge on any atom is -0.433 e. The van der Waals surface area contributed by atoms with E-state index in [4.69, 9.17) is 0 Å². The molecule has 1 heterocycles. The van der Waals surface area contributed by atoms with Crippen LogP contribution in [0.15, 0.2) is 66.1 Å². The Balaban J connectivity index is 1.71. The van der Waals surface area contributed by atoms with Crippen LogP contribution < -0.4 is 15.0 Å². The average Bonchev–Trinajstić information content (AvgIpc) is 3.16. The zero-order valence-corrected chi connectivity index (χ0v) is 16.6. The summed E-state index contributed by atoms with van der Waals surface area (Å²) in [6, 6.07) is 15.0. The molecule has 9 heteroatoms. The van der Waals surface area contributed by atoms with E-state index in [2.05, 4.69) is 15.0 Å². The summed E-state index contributed by atoms with van der Waals surface area (Å²) in [4.78, 5) is 30.1. The van der Waals surface area contributed by atoms with Gasteiger partial charge in [-0.1, -0.05) is 30.3 Å². The van der Waals surface area contributed by atoms with Crippen molar-refractivity contribution in [1.82, 2.24) is 4.98 Å². The number of aromatic nitrogens is 1. The molecule has 0 unspecified atom stereocenters. The first-order valence-electron chi connectivity index (χ1n) is 8.78. The highest BCUT2D eigenvalue weighted by Crippen LogP contribution is 2.29. The maximum Gasteiger partial charge on any atom is 0.387 e. The summed E-state index contributed by atoms with van der Waals surface area (Å²) in [5, 5.41) is 4.65. The van der Waals surface area contributed by atoms with E-state index in [9.17, 15) is 18.4 Å². The fourth-order valence-corrected chi connectivity index (χ4v) is 3.42. The van der Waals surface area contributed by atoms with Crippen LogP contribution in [-0.2, 0) is 9.59 Å². The summed E-state index contributed by atoms with van der Waals surface area (Å²) in [5.41, 5.74) is 1.28. The quantitative estimate of drug-likeness (QED) is 0.532. The van der Waals surface area contributed by atoms with Crippen molar-refractivity contribution in [2.45, 2.75) is 13.5 Å². The third-order valence-corrected chi connectivity index (χ3v) is 4.64. The molecule has 1 aromatic heterocycles. The smallest absolute Gasteiger partial charge is 0.387 e. The molecule has 0 fully saturated rings. The molecule has 0 saturated heterocycles. The molecule has 2 aromatic carbocycles. The van der Waals surface area contributed by atoms with Crippen LogP contribution in [-0.4, -0.2) is 23.4 Å².